The number of rotatable bonds is 7. The van der Waals surface area contributed by atoms with Gasteiger partial charge in [-0.2, -0.15) is 0 Å². The molecule has 1 fully saturated rings. The van der Waals surface area contributed by atoms with Gasteiger partial charge in [0.25, 0.3) is 0 Å². The average molecular weight is 546 g/mol. The van der Waals surface area contributed by atoms with Crippen molar-refractivity contribution in [2.45, 2.75) is 39.8 Å². The van der Waals surface area contributed by atoms with Crippen LogP contribution in [0.25, 0.3) is 0 Å². The van der Waals surface area contributed by atoms with Crippen molar-refractivity contribution in [3.63, 3.8) is 0 Å². The predicted octanol–water partition coefficient (Wildman–Crippen LogP) is 3.46. The lowest BCUT2D eigenvalue weighted by Gasteiger charge is -2.36. The fourth-order valence-electron chi connectivity index (χ4n) is 3.39. The molecule has 30 heavy (non-hydrogen) atoms. The second-order valence-corrected chi connectivity index (χ2v) is 7.97. The number of halogens is 2. The molecular weight excluding hydrogens is 513 g/mol. The summed E-state index contributed by atoms with van der Waals surface area (Å²) in [4.78, 5) is 9.68. The summed E-state index contributed by atoms with van der Waals surface area (Å²) in [5.74, 6) is 2.77. The van der Waals surface area contributed by atoms with E-state index in [0.29, 0.717) is 6.54 Å². The fraction of sp³-hybridized carbons (Fsp3) is 0.571. The Kier molecular flexibility index (Phi) is 10.3. The number of hydrogen-bond acceptors (Lipinski definition) is 4. The maximum absolute atomic E-state index is 6.12. The number of aromatic nitrogens is 3. The van der Waals surface area contributed by atoms with E-state index in [4.69, 9.17) is 16.6 Å². The van der Waals surface area contributed by atoms with E-state index in [1.54, 1.807) is 0 Å². The SMILES string of the molecule is CCCCNC(=NCc1nnc(C)n1C)N1CCN(Cc2cccc(Cl)c2)CC1.I. The minimum Gasteiger partial charge on any atom is -0.356 e. The van der Waals surface area contributed by atoms with Crippen molar-refractivity contribution >= 4 is 41.5 Å². The lowest BCUT2D eigenvalue weighted by atomic mass is 10.2. The first-order chi connectivity index (χ1) is 14.1. The van der Waals surface area contributed by atoms with Gasteiger partial charge in [0.1, 0.15) is 12.4 Å². The van der Waals surface area contributed by atoms with Crippen LogP contribution in [0.3, 0.4) is 0 Å². The van der Waals surface area contributed by atoms with E-state index in [1.807, 2.05) is 30.7 Å². The summed E-state index contributed by atoms with van der Waals surface area (Å²) in [6, 6.07) is 8.13. The summed E-state index contributed by atoms with van der Waals surface area (Å²) in [5.41, 5.74) is 1.26. The summed E-state index contributed by atoms with van der Waals surface area (Å²) in [6.45, 7) is 10.5. The van der Waals surface area contributed by atoms with Crippen LogP contribution in [0.5, 0.6) is 0 Å². The molecule has 1 aromatic heterocycles. The molecular formula is C21H33ClIN7. The van der Waals surface area contributed by atoms with Gasteiger partial charge in [-0.25, -0.2) is 4.99 Å². The molecule has 0 saturated carbocycles. The van der Waals surface area contributed by atoms with Crippen LogP contribution < -0.4 is 5.32 Å². The smallest absolute Gasteiger partial charge is 0.194 e. The zero-order valence-corrected chi connectivity index (χ0v) is 21.2. The standard InChI is InChI=1S/C21H32ClN7.HI/c1-4-5-9-23-21(24-15-20-26-25-17(2)27(20)3)29-12-10-28(11-13-29)16-18-7-6-8-19(22)14-18;/h6-8,14H,4-5,9-13,15-16H2,1-3H3,(H,23,24);1H. The largest absolute Gasteiger partial charge is 0.356 e. The number of aliphatic imine (C=N–C) groups is 1. The second kappa shape index (κ2) is 12.5. The number of hydrogen-bond donors (Lipinski definition) is 1. The van der Waals surface area contributed by atoms with Crippen LogP contribution in [0.1, 0.15) is 37.0 Å². The van der Waals surface area contributed by atoms with Crippen LogP contribution in [-0.4, -0.2) is 63.2 Å². The maximum Gasteiger partial charge on any atom is 0.194 e. The minimum atomic E-state index is 0. The predicted molar refractivity (Wildman–Crippen MR) is 134 cm³/mol. The first kappa shape index (κ1) is 24.9. The number of nitrogens with one attached hydrogen (secondary N) is 1. The van der Waals surface area contributed by atoms with E-state index in [2.05, 4.69) is 44.4 Å². The fourth-order valence-corrected chi connectivity index (χ4v) is 3.60. The molecule has 0 spiro atoms. The molecule has 1 N–H and O–H groups in total. The third-order valence-corrected chi connectivity index (χ3v) is 5.57. The molecule has 2 aromatic rings. The highest BCUT2D eigenvalue weighted by Crippen LogP contribution is 2.14. The van der Waals surface area contributed by atoms with Gasteiger partial charge >= 0.3 is 0 Å². The van der Waals surface area contributed by atoms with E-state index in [9.17, 15) is 0 Å². The lowest BCUT2D eigenvalue weighted by molar-refractivity contribution is 0.172. The summed E-state index contributed by atoms with van der Waals surface area (Å²) >= 11 is 6.12. The van der Waals surface area contributed by atoms with Crippen LogP contribution in [0.15, 0.2) is 29.3 Å². The number of aryl methyl sites for hydroxylation is 1. The Morgan fingerprint density at radius 3 is 2.60 bits per heavy atom. The molecule has 1 aliphatic rings. The number of piperazine rings is 1. The lowest BCUT2D eigenvalue weighted by Crippen LogP contribution is -2.52. The first-order valence-electron chi connectivity index (χ1n) is 10.4. The highest BCUT2D eigenvalue weighted by molar-refractivity contribution is 14.0. The number of benzene rings is 1. The number of nitrogens with zero attached hydrogens (tertiary/aromatic N) is 6. The molecule has 0 bridgehead atoms. The van der Waals surface area contributed by atoms with Crippen molar-refractivity contribution in [1.82, 2.24) is 29.9 Å². The normalized spacial score (nSPS) is 15.2. The van der Waals surface area contributed by atoms with Gasteiger partial charge < -0.3 is 14.8 Å². The van der Waals surface area contributed by atoms with Crippen molar-refractivity contribution in [2.24, 2.45) is 12.0 Å². The highest BCUT2D eigenvalue weighted by atomic mass is 127. The van der Waals surface area contributed by atoms with Gasteiger partial charge in [-0.15, -0.1) is 34.2 Å². The zero-order chi connectivity index (χ0) is 20.6. The summed E-state index contributed by atoms with van der Waals surface area (Å²) in [7, 11) is 1.99. The second-order valence-electron chi connectivity index (χ2n) is 7.54. The van der Waals surface area contributed by atoms with Crippen LogP contribution in [0.4, 0.5) is 0 Å². The Bertz CT molecular complexity index is 815. The van der Waals surface area contributed by atoms with Crippen molar-refractivity contribution < 1.29 is 0 Å². The molecule has 0 aliphatic carbocycles. The van der Waals surface area contributed by atoms with Crippen molar-refractivity contribution in [3.8, 4) is 0 Å². The molecule has 166 valence electrons. The first-order valence-corrected chi connectivity index (χ1v) is 10.8. The Labute approximate surface area is 201 Å². The molecule has 7 nitrogen and oxygen atoms in total. The Hall–Kier alpha value is -1.39. The van der Waals surface area contributed by atoms with Crippen molar-refractivity contribution in [1.29, 1.82) is 0 Å². The van der Waals surface area contributed by atoms with Gasteiger partial charge in [0.15, 0.2) is 11.8 Å². The molecule has 2 heterocycles. The molecule has 1 saturated heterocycles. The van der Waals surface area contributed by atoms with Gasteiger partial charge in [-0.3, -0.25) is 4.90 Å². The van der Waals surface area contributed by atoms with E-state index in [1.165, 1.54) is 5.56 Å². The number of guanidine groups is 1. The van der Waals surface area contributed by atoms with Crippen molar-refractivity contribution in [2.75, 3.05) is 32.7 Å². The molecule has 0 radical (unpaired) electrons. The maximum atomic E-state index is 6.12. The third kappa shape index (κ3) is 7.09. The van der Waals surface area contributed by atoms with Gasteiger partial charge in [0, 0.05) is 51.3 Å². The van der Waals surface area contributed by atoms with E-state index in [0.717, 1.165) is 74.7 Å². The Morgan fingerprint density at radius 1 is 1.20 bits per heavy atom. The van der Waals surface area contributed by atoms with Crippen LogP contribution in [-0.2, 0) is 20.1 Å². The molecule has 9 heteroatoms. The third-order valence-electron chi connectivity index (χ3n) is 5.33. The summed E-state index contributed by atoms with van der Waals surface area (Å²) in [6.07, 6.45) is 2.30. The van der Waals surface area contributed by atoms with Crippen LogP contribution in [0.2, 0.25) is 5.02 Å². The van der Waals surface area contributed by atoms with Gasteiger partial charge in [0.2, 0.25) is 0 Å². The number of unbranched alkanes of at least 4 members (excludes halogenated alkanes) is 1. The topological polar surface area (TPSA) is 61.6 Å². The van der Waals surface area contributed by atoms with Crippen molar-refractivity contribution in [3.05, 3.63) is 46.5 Å². The summed E-state index contributed by atoms with van der Waals surface area (Å²) < 4.78 is 2.00. The van der Waals surface area contributed by atoms with Gasteiger partial charge in [-0.05, 0) is 31.0 Å². The molecule has 0 amide bonds. The monoisotopic (exact) mass is 545 g/mol. The van der Waals surface area contributed by atoms with Gasteiger partial charge in [0.05, 0.1) is 0 Å². The molecule has 0 unspecified atom stereocenters. The van der Waals surface area contributed by atoms with E-state index < -0.39 is 0 Å². The van der Waals surface area contributed by atoms with Crippen LogP contribution in [0, 0.1) is 6.92 Å². The minimum absolute atomic E-state index is 0. The molecule has 3 rings (SSSR count). The Balaban J connectivity index is 0.00000320. The van der Waals surface area contributed by atoms with E-state index in [-0.39, 0.29) is 24.0 Å². The zero-order valence-electron chi connectivity index (χ0n) is 18.1. The highest BCUT2D eigenvalue weighted by Gasteiger charge is 2.20. The quantitative estimate of drug-likeness (QED) is 0.250. The molecule has 0 atom stereocenters. The van der Waals surface area contributed by atoms with E-state index >= 15 is 0 Å². The molecule has 1 aliphatic heterocycles. The summed E-state index contributed by atoms with van der Waals surface area (Å²) in [5, 5.41) is 12.7. The molecule has 1 aromatic carbocycles. The van der Waals surface area contributed by atoms with Crippen LogP contribution >= 0.6 is 35.6 Å². The average Bonchev–Trinajstić information content (AvgIpc) is 3.03. The Morgan fingerprint density at radius 2 is 1.97 bits per heavy atom. The van der Waals surface area contributed by atoms with Gasteiger partial charge in [-0.1, -0.05) is 37.1 Å².